The molecule has 45 heavy (non-hydrogen) atoms. The number of sulfonamides is 1. The van der Waals surface area contributed by atoms with Crippen LogP contribution in [0.3, 0.4) is 0 Å². The summed E-state index contributed by atoms with van der Waals surface area (Å²) in [4.78, 5) is 39.2. The number of carbonyl (C=O) groups excluding carboxylic acids is 1. The van der Waals surface area contributed by atoms with E-state index in [0.717, 1.165) is 25.9 Å². The van der Waals surface area contributed by atoms with E-state index in [9.17, 15) is 13.2 Å². The number of likely N-dealkylation sites (tertiary alicyclic amines) is 1. The number of ether oxygens (including phenoxy) is 2. The number of carbonyl (C=O) groups is 1. The van der Waals surface area contributed by atoms with Gasteiger partial charge in [-0.1, -0.05) is 28.6 Å². The van der Waals surface area contributed by atoms with Crippen LogP contribution in [0.2, 0.25) is 0 Å². The average molecular weight is 655 g/mol. The minimum Gasteiger partial charge on any atom is -0.474 e. The van der Waals surface area contributed by atoms with E-state index in [-0.39, 0.29) is 36.5 Å². The van der Waals surface area contributed by atoms with Crippen LogP contribution in [0.5, 0.6) is 5.88 Å². The van der Waals surface area contributed by atoms with Crippen LogP contribution in [0.4, 0.5) is 5.13 Å². The lowest BCUT2D eigenvalue weighted by atomic mass is 10.1. The maximum Gasteiger partial charge on any atom is 0.280 e. The van der Waals surface area contributed by atoms with Gasteiger partial charge in [0.2, 0.25) is 15.9 Å². The minimum atomic E-state index is -3.77. The molecule has 1 N–H and O–H groups in total. The number of aromatic nitrogens is 4. The third-order valence-corrected chi connectivity index (χ3v) is 9.79. The van der Waals surface area contributed by atoms with Crippen molar-refractivity contribution < 1.29 is 27.5 Å². The van der Waals surface area contributed by atoms with Gasteiger partial charge in [-0.05, 0) is 44.2 Å². The Bertz CT molecular complexity index is 1730. The molecule has 14 nitrogen and oxygen atoms in total. The van der Waals surface area contributed by atoms with Crippen LogP contribution in [0, 0.1) is 0 Å². The molecule has 0 atom stereocenters. The SMILES string of the molecule is COCCN(C)S(=O)(=O)c1ccc(/C(=N\OCc2ncccn2)C(=O)Nc2nc3ccc(OC4CCN(C)CC4)nc3s2)cc1. The third-order valence-electron chi connectivity index (χ3n) is 7.03. The average Bonchev–Trinajstić information content (AvgIpc) is 3.45. The summed E-state index contributed by atoms with van der Waals surface area (Å²) in [5.74, 6) is 0.274. The van der Waals surface area contributed by atoms with Gasteiger partial charge >= 0.3 is 0 Å². The first-order valence-electron chi connectivity index (χ1n) is 14.2. The normalized spacial score (nSPS) is 15.0. The molecular formula is C29H34N8O6S2. The lowest BCUT2D eigenvalue weighted by Gasteiger charge is -2.28. The fraction of sp³-hybridized carbons (Fsp3) is 0.379. The van der Waals surface area contributed by atoms with Gasteiger partial charge in [0.05, 0.1) is 11.5 Å². The van der Waals surface area contributed by atoms with E-state index in [0.29, 0.717) is 32.7 Å². The van der Waals surface area contributed by atoms with E-state index < -0.39 is 15.9 Å². The number of likely N-dealkylation sites (N-methyl/N-ethyl adjacent to an activating group) is 1. The zero-order chi connectivity index (χ0) is 31.8. The number of rotatable bonds is 13. The van der Waals surface area contributed by atoms with Crippen LogP contribution in [0.15, 0.2) is 64.9 Å². The molecule has 1 aromatic carbocycles. The molecule has 3 aromatic heterocycles. The second kappa shape index (κ2) is 14.8. The number of methoxy groups -OCH3 is 1. The molecule has 16 heteroatoms. The van der Waals surface area contributed by atoms with Crippen LogP contribution in [0.25, 0.3) is 10.3 Å². The highest BCUT2D eigenvalue weighted by Gasteiger charge is 2.23. The monoisotopic (exact) mass is 654 g/mol. The molecular weight excluding hydrogens is 621 g/mol. The van der Waals surface area contributed by atoms with E-state index >= 15 is 0 Å². The van der Waals surface area contributed by atoms with Crippen LogP contribution < -0.4 is 10.1 Å². The summed E-state index contributed by atoms with van der Waals surface area (Å²) in [6.07, 6.45) is 5.09. The topological polar surface area (TPSA) is 161 Å². The highest BCUT2D eigenvalue weighted by molar-refractivity contribution is 7.89. The van der Waals surface area contributed by atoms with Gasteiger partial charge in [-0.2, -0.15) is 4.31 Å². The minimum absolute atomic E-state index is 0.0544. The Morgan fingerprint density at radius 2 is 1.84 bits per heavy atom. The summed E-state index contributed by atoms with van der Waals surface area (Å²) in [6, 6.07) is 11.1. The van der Waals surface area contributed by atoms with Crippen molar-refractivity contribution in [3.8, 4) is 5.88 Å². The molecule has 0 aliphatic carbocycles. The predicted octanol–water partition coefficient (Wildman–Crippen LogP) is 2.78. The summed E-state index contributed by atoms with van der Waals surface area (Å²) in [6.45, 7) is 2.30. The molecule has 5 rings (SSSR count). The molecule has 1 saturated heterocycles. The maximum absolute atomic E-state index is 13.5. The van der Waals surface area contributed by atoms with E-state index in [1.165, 1.54) is 54.1 Å². The number of thiazole rings is 1. The Kier molecular flexibility index (Phi) is 10.6. The number of pyridine rings is 1. The number of amides is 1. The van der Waals surface area contributed by atoms with Crippen molar-refractivity contribution in [2.45, 2.75) is 30.4 Å². The Morgan fingerprint density at radius 1 is 1.11 bits per heavy atom. The molecule has 1 amide bonds. The Balaban J connectivity index is 1.34. The Hall–Kier alpha value is -4.09. The lowest BCUT2D eigenvalue weighted by molar-refractivity contribution is -0.110. The summed E-state index contributed by atoms with van der Waals surface area (Å²) in [5, 5.41) is 7.15. The third kappa shape index (κ3) is 8.34. The van der Waals surface area contributed by atoms with E-state index in [1.807, 2.05) is 0 Å². The molecule has 0 saturated carbocycles. The van der Waals surface area contributed by atoms with Crippen LogP contribution in [0.1, 0.15) is 24.2 Å². The number of hydrogen-bond acceptors (Lipinski definition) is 13. The van der Waals surface area contributed by atoms with Gasteiger partial charge < -0.3 is 19.2 Å². The van der Waals surface area contributed by atoms with Gasteiger partial charge in [-0.15, -0.1) is 0 Å². The summed E-state index contributed by atoms with van der Waals surface area (Å²) >= 11 is 1.20. The molecule has 0 spiro atoms. The van der Waals surface area contributed by atoms with Crippen molar-refractivity contribution in [3.63, 3.8) is 0 Å². The van der Waals surface area contributed by atoms with E-state index in [2.05, 4.69) is 42.4 Å². The number of nitrogens with one attached hydrogen (secondary N) is 1. The van der Waals surface area contributed by atoms with Crippen molar-refractivity contribution in [2.75, 3.05) is 52.8 Å². The number of anilines is 1. The number of piperidine rings is 1. The van der Waals surface area contributed by atoms with Crippen LogP contribution in [-0.4, -0.2) is 103 Å². The summed E-state index contributed by atoms with van der Waals surface area (Å²) in [5.41, 5.74) is 0.836. The highest BCUT2D eigenvalue weighted by Crippen LogP contribution is 2.28. The molecule has 0 bridgehead atoms. The largest absolute Gasteiger partial charge is 0.474 e. The van der Waals surface area contributed by atoms with Gasteiger partial charge in [0.25, 0.3) is 5.91 Å². The zero-order valence-electron chi connectivity index (χ0n) is 25.1. The zero-order valence-corrected chi connectivity index (χ0v) is 26.8. The summed E-state index contributed by atoms with van der Waals surface area (Å²) in [7, 11) is 1.30. The number of benzene rings is 1. The molecule has 1 fully saturated rings. The smallest absolute Gasteiger partial charge is 0.280 e. The van der Waals surface area contributed by atoms with Gasteiger partial charge in [-0.3, -0.25) is 10.1 Å². The second-order valence-corrected chi connectivity index (χ2v) is 13.3. The molecule has 4 heterocycles. The number of nitrogens with zero attached hydrogens (tertiary/aromatic N) is 7. The lowest BCUT2D eigenvalue weighted by Crippen LogP contribution is -2.35. The molecule has 1 aliphatic heterocycles. The van der Waals surface area contributed by atoms with Gasteiger partial charge in [0, 0.05) is 57.8 Å². The van der Waals surface area contributed by atoms with E-state index in [1.54, 1.807) is 30.6 Å². The number of oxime groups is 1. The van der Waals surface area contributed by atoms with E-state index in [4.69, 9.17) is 14.3 Å². The predicted molar refractivity (Wildman–Crippen MR) is 169 cm³/mol. The maximum atomic E-state index is 13.5. The van der Waals surface area contributed by atoms with Crippen molar-refractivity contribution >= 4 is 48.5 Å². The number of hydrogen-bond donors (Lipinski definition) is 1. The Labute approximate surface area is 265 Å². The van der Waals surface area contributed by atoms with Gasteiger partial charge in [0.1, 0.15) is 16.5 Å². The quantitative estimate of drug-likeness (QED) is 0.167. The second-order valence-electron chi connectivity index (χ2n) is 10.3. The molecule has 0 radical (unpaired) electrons. The van der Waals surface area contributed by atoms with Crippen LogP contribution >= 0.6 is 11.3 Å². The van der Waals surface area contributed by atoms with Gasteiger partial charge in [0.15, 0.2) is 23.3 Å². The van der Waals surface area contributed by atoms with Crippen molar-refractivity contribution in [3.05, 3.63) is 66.2 Å². The fourth-order valence-electron chi connectivity index (χ4n) is 4.44. The highest BCUT2D eigenvalue weighted by atomic mass is 32.2. The van der Waals surface area contributed by atoms with Crippen molar-refractivity contribution in [1.29, 1.82) is 0 Å². The fourth-order valence-corrected chi connectivity index (χ4v) is 6.42. The first kappa shape index (κ1) is 32.3. The molecule has 1 aliphatic rings. The molecule has 4 aromatic rings. The first-order valence-corrected chi connectivity index (χ1v) is 16.4. The van der Waals surface area contributed by atoms with Gasteiger partial charge in [-0.25, -0.2) is 28.4 Å². The summed E-state index contributed by atoms with van der Waals surface area (Å²) < 4.78 is 38.2. The standard InChI is InChI=1S/C29H34N8O6S2/c1-36-15-11-21(12-16-36)43-25-10-9-23-28(33-25)44-29(32-23)34-27(38)26(35-42-19-24-30-13-4-14-31-24)20-5-7-22(8-6-20)45(39,40)37(2)17-18-41-3/h4-10,13-14,21H,11-12,15-19H2,1-3H3,(H,32,34,38)/b35-26+. The number of fused-ring (bicyclic) bond motifs is 1. The first-order chi connectivity index (χ1) is 21.7. The van der Waals surface area contributed by atoms with Crippen molar-refractivity contribution in [1.82, 2.24) is 29.1 Å². The molecule has 238 valence electrons. The van der Waals surface area contributed by atoms with Crippen LogP contribution in [-0.2, 0) is 31.0 Å². The molecule has 0 unspecified atom stereocenters. The van der Waals surface area contributed by atoms with Crippen molar-refractivity contribution in [2.24, 2.45) is 5.16 Å². The Morgan fingerprint density at radius 3 is 2.56 bits per heavy atom.